The highest BCUT2D eigenvalue weighted by atomic mass is 16.5. The molecule has 0 saturated carbocycles. The number of amides is 1. The number of phenols is 1. The molecule has 0 aliphatic heterocycles. The van der Waals surface area contributed by atoms with Gasteiger partial charge >= 0.3 is 0 Å². The SMILES string of the molecule is CC(C)(O)CNC(=O)COc1ccccc1O. The van der Waals surface area contributed by atoms with Crippen molar-refractivity contribution in [2.24, 2.45) is 0 Å². The molecular weight excluding hydrogens is 222 g/mol. The first-order valence-electron chi connectivity index (χ1n) is 5.28. The summed E-state index contributed by atoms with van der Waals surface area (Å²) in [7, 11) is 0. The quantitative estimate of drug-likeness (QED) is 0.705. The summed E-state index contributed by atoms with van der Waals surface area (Å²) >= 11 is 0. The van der Waals surface area contributed by atoms with Crippen molar-refractivity contribution in [2.75, 3.05) is 13.2 Å². The lowest BCUT2D eigenvalue weighted by atomic mass is 10.1. The highest BCUT2D eigenvalue weighted by molar-refractivity contribution is 5.77. The lowest BCUT2D eigenvalue weighted by molar-refractivity contribution is -0.124. The van der Waals surface area contributed by atoms with Gasteiger partial charge in [-0.3, -0.25) is 4.79 Å². The zero-order valence-electron chi connectivity index (χ0n) is 9.93. The van der Waals surface area contributed by atoms with Gasteiger partial charge in [-0.2, -0.15) is 0 Å². The van der Waals surface area contributed by atoms with Gasteiger partial charge in [-0.25, -0.2) is 0 Å². The molecule has 0 aliphatic carbocycles. The second kappa shape index (κ2) is 5.54. The number of ether oxygens (including phenoxy) is 1. The highest BCUT2D eigenvalue weighted by Gasteiger charge is 2.14. The summed E-state index contributed by atoms with van der Waals surface area (Å²) in [6.45, 7) is 3.14. The molecular formula is C12H17NO4. The molecule has 0 atom stereocenters. The van der Waals surface area contributed by atoms with Gasteiger partial charge in [0, 0.05) is 6.54 Å². The molecule has 0 heterocycles. The second-order valence-corrected chi connectivity index (χ2v) is 4.35. The monoisotopic (exact) mass is 239 g/mol. The maximum atomic E-state index is 11.3. The fourth-order valence-electron chi connectivity index (χ4n) is 1.09. The lowest BCUT2D eigenvalue weighted by Crippen LogP contribution is -2.40. The van der Waals surface area contributed by atoms with Crippen LogP contribution in [-0.4, -0.2) is 34.9 Å². The smallest absolute Gasteiger partial charge is 0.258 e. The molecule has 1 rings (SSSR count). The van der Waals surface area contributed by atoms with E-state index in [1.54, 1.807) is 32.0 Å². The first-order chi connectivity index (χ1) is 7.88. The molecule has 0 bridgehead atoms. The molecule has 1 amide bonds. The third-order valence-electron chi connectivity index (χ3n) is 1.94. The summed E-state index contributed by atoms with van der Waals surface area (Å²) in [5, 5.41) is 21.3. The van der Waals surface area contributed by atoms with Gasteiger partial charge in [0.1, 0.15) is 0 Å². The van der Waals surface area contributed by atoms with Crippen LogP contribution in [0, 0.1) is 0 Å². The average Bonchev–Trinajstić information content (AvgIpc) is 2.24. The fraction of sp³-hybridized carbons (Fsp3) is 0.417. The van der Waals surface area contributed by atoms with E-state index in [0.717, 1.165) is 0 Å². The summed E-state index contributed by atoms with van der Waals surface area (Å²) in [5.41, 5.74) is -0.954. The minimum absolute atomic E-state index is 0.0113. The summed E-state index contributed by atoms with van der Waals surface area (Å²) < 4.78 is 5.12. The van der Waals surface area contributed by atoms with Gasteiger partial charge in [0.15, 0.2) is 18.1 Å². The Morgan fingerprint density at radius 2 is 2.06 bits per heavy atom. The van der Waals surface area contributed by atoms with Gasteiger partial charge in [0.2, 0.25) is 0 Å². The van der Waals surface area contributed by atoms with Crippen LogP contribution in [0.1, 0.15) is 13.8 Å². The number of hydrogen-bond donors (Lipinski definition) is 3. The van der Waals surface area contributed by atoms with Crippen LogP contribution < -0.4 is 10.1 Å². The van der Waals surface area contributed by atoms with Gasteiger partial charge in [-0.05, 0) is 26.0 Å². The second-order valence-electron chi connectivity index (χ2n) is 4.35. The van der Waals surface area contributed by atoms with E-state index in [4.69, 9.17) is 4.74 Å². The number of aliphatic hydroxyl groups is 1. The molecule has 1 aromatic rings. The van der Waals surface area contributed by atoms with Crippen LogP contribution >= 0.6 is 0 Å². The molecule has 0 radical (unpaired) electrons. The number of rotatable bonds is 5. The highest BCUT2D eigenvalue weighted by Crippen LogP contribution is 2.23. The van der Waals surface area contributed by atoms with E-state index in [9.17, 15) is 15.0 Å². The third kappa shape index (κ3) is 5.21. The van der Waals surface area contributed by atoms with Crippen molar-refractivity contribution in [2.45, 2.75) is 19.4 Å². The first-order valence-corrected chi connectivity index (χ1v) is 5.28. The van der Waals surface area contributed by atoms with Crippen molar-refractivity contribution in [3.63, 3.8) is 0 Å². The van der Waals surface area contributed by atoms with Gasteiger partial charge in [0.25, 0.3) is 5.91 Å². The molecule has 0 aliphatic rings. The molecule has 0 fully saturated rings. The molecule has 5 nitrogen and oxygen atoms in total. The van der Waals surface area contributed by atoms with Crippen molar-refractivity contribution in [3.05, 3.63) is 24.3 Å². The van der Waals surface area contributed by atoms with Gasteiger partial charge in [0.05, 0.1) is 5.60 Å². The summed E-state index contributed by atoms with van der Waals surface area (Å²) in [5.74, 6) is -0.107. The number of carbonyl (C=O) groups excluding carboxylic acids is 1. The molecule has 5 heteroatoms. The Bertz CT molecular complexity index is 384. The number of para-hydroxylation sites is 2. The Kier molecular flexibility index (Phi) is 4.34. The van der Waals surface area contributed by atoms with Crippen molar-refractivity contribution < 1.29 is 19.7 Å². The molecule has 0 unspecified atom stereocenters. The van der Waals surface area contributed by atoms with Crippen LogP contribution in [0.3, 0.4) is 0 Å². The standard InChI is InChI=1S/C12H17NO4/c1-12(2,16)8-13-11(15)7-17-10-6-4-3-5-9(10)14/h3-6,14,16H,7-8H2,1-2H3,(H,13,15). The van der Waals surface area contributed by atoms with Crippen molar-refractivity contribution >= 4 is 5.91 Å². The molecule has 17 heavy (non-hydrogen) atoms. The van der Waals surface area contributed by atoms with Crippen LogP contribution in [0.5, 0.6) is 11.5 Å². The summed E-state index contributed by atoms with van der Waals surface area (Å²) in [4.78, 5) is 11.3. The lowest BCUT2D eigenvalue weighted by Gasteiger charge is -2.17. The molecule has 1 aromatic carbocycles. The molecule has 0 saturated heterocycles. The van der Waals surface area contributed by atoms with Crippen LogP contribution in [0.4, 0.5) is 0 Å². The van der Waals surface area contributed by atoms with E-state index >= 15 is 0 Å². The van der Waals surface area contributed by atoms with Gasteiger partial charge in [-0.15, -0.1) is 0 Å². The van der Waals surface area contributed by atoms with E-state index in [-0.39, 0.29) is 30.6 Å². The number of aromatic hydroxyl groups is 1. The Morgan fingerprint density at radius 3 is 2.65 bits per heavy atom. The van der Waals surface area contributed by atoms with E-state index in [0.29, 0.717) is 0 Å². The number of phenolic OH excluding ortho intramolecular Hbond substituents is 1. The number of benzene rings is 1. The predicted molar refractivity (Wildman–Crippen MR) is 62.9 cm³/mol. The Morgan fingerprint density at radius 1 is 1.41 bits per heavy atom. The number of carbonyl (C=O) groups is 1. The van der Waals surface area contributed by atoms with Crippen molar-refractivity contribution in [3.8, 4) is 11.5 Å². The van der Waals surface area contributed by atoms with Crippen LogP contribution in [0.25, 0.3) is 0 Å². The number of nitrogens with one attached hydrogen (secondary N) is 1. The first kappa shape index (κ1) is 13.3. The zero-order valence-corrected chi connectivity index (χ0v) is 9.93. The summed E-state index contributed by atoms with van der Waals surface area (Å²) in [6.07, 6.45) is 0. The Labute approximate surface area is 100 Å². The normalized spacial score (nSPS) is 11.0. The van der Waals surface area contributed by atoms with E-state index in [2.05, 4.69) is 5.32 Å². The minimum atomic E-state index is -0.954. The molecule has 94 valence electrons. The molecule has 3 N–H and O–H groups in total. The average molecular weight is 239 g/mol. The van der Waals surface area contributed by atoms with Crippen molar-refractivity contribution in [1.82, 2.24) is 5.32 Å². The molecule has 0 aromatic heterocycles. The fourth-order valence-corrected chi connectivity index (χ4v) is 1.09. The van der Waals surface area contributed by atoms with Crippen molar-refractivity contribution in [1.29, 1.82) is 0 Å². The van der Waals surface area contributed by atoms with Gasteiger partial charge in [-0.1, -0.05) is 12.1 Å². The summed E-state index contributed by atoms with van der Waals surface area (Å²) in [6, 6.07) is 6.41. The zero-order chi connectivity index (χ0) is 12.9. The molecule has 0 spiro atoms. The van der Waals surface area contributed by atoms with Crippen LogP contribution in [0.2, 0.25) is 0 Å². The number of hydrogen-bond acceptors (Lipinski definition) is 4. The topological polar surface area (TPSA) is 78.8 Å². The third-order valence-corrected chi connectivity index (χ3v) is 1.94. The maximum Gasteiger partial charge on any atom is 0.258 e. The van der Waals surface area contributed by atoms with E-state index in [1.807, 2.05) is 0 Å². The maximum absolute atomic E-state index is 11.3. The predicted octanol–water partition coefficient (Wildman–Crippen LogP) is 0.658. The van der Waals surface area contributed by atoms with E-state index < -0.39 is 5.60 Å². The Balaban J connectivity index is 2.36. The van der Waals surface area contributed by atoms with Crippen LogP contribution in [-0.2, 0) is 4.79 Å². The van der Waals surface area contributed by atoms with Gasteiger partial charge < -0.3 is 20.3 Å². The van der Waals surface area contributed by atoms with Crippen LogP contribution in [0.15, 0.2) is 24.3 Å². The van der Waals surface area contributed by atoms with E-state index in [1.165, 1.54) is 6.07 Å². The Hall–Kier alpha value is -1.75. The largest absolute Gasteiger partial charge is 0.504 e. The minimum Gasteiger partial charge on any atom is -0.504 e.